The molecule has 0 bridgehead atoms. The van der Waals surface area contributed by atoms with Crippen molar-refractivity contribution in [3.05, 3.63) is 63.9 Å². The molecule has 0 aromatic heterocycles. The van der Waals surface area contributed by atoms with Crippen molar-refractivity contribution in [2.75, 3.05) is 5.75 Å². The minimum Gasteiger partial charge on any atom is -0.392 e. The molecule has 1 atom stereocenters. The standard InChI is InChI=1S/C16H16BrFOS/c1-11-2-5-14(6-3-11)20-10-13(19)8-12-4-7-16(18)15(17)9-12/h2-7,9,13,19H,8,10H2,1H3. The monoisotopic (exact) mass is 354 g/mol. The molecule has 0 aliphatic heterocycles. The molecule has 20 heavy (non-hydrogen) atoms. The molecule has 0 heterocycles. The van der Waals surface area contributed by atoms with Crippen molar-refractivity contribution >= 4 is 27.7 Å². The Balaban J connectivity index is 1.87. The quantitative estimate of drug-likeness (QED) is 0.792. The highest BCUT2D eigenvalue weighted by molar-refractivity contribution is 9.10. The fraction of sp³-hybridized carbons (Fsp3) is 0.250. The number of aliphatic hydroxyl groups excluding tert-OH is 1. The van der Waals surface area contributed by atoms with Gasteiger partial charge in [-0.05, 0) is 59.1 Å². The molecule has 4 heteroatoms. The van der Waals surface area contributed by atoms with E-state index in [1.165, 1.54) is 11.6 Å². The van der Waals surface area contributed by atoms with E-state index in [0.717, 1.165) is 10.5 Å². The van der Waals surface area contributed by atoms with Gasteiger partial charge in [-0.1, -0.05) is 23.8 Å². The van der Waals surface area contributed by atoms with Gasteiger partial charge in [-0.15, -0.1) is 11.8 Å². The van der Waals surface area contributed by atoms with Crippen LogP contribution in [-0.4, -0.2) is 17.0 Å². The number of hydrogen-bond donors (Lipinski definition) is 1. The molecule has 0 amide bonds. The van der Waals surface area contributed by atoms with E-state index >= 15 is 0 Å². The van der Waals surface area contributed by atoms with E-state index in [1.807, 2.05) is 0 Å². The van der Waals surface area contributed by atoms with Gasteiger partial charge >= 0.3 is 0 Å². The number of thioether (sulfide) groups is 1. The smallest absolute Gasteiger partial charge is 0.137 e. The molecule has 0 radical (unpaired) electrons. The lowest BCUT2D eigenvalue weighted by molar-refractivity contribution is 0.200. The van der Waals surface area contributed by atoms with Crippen molar-refractivity contribution in [2.45, 2.75) is 24.3 Å². The molecule has 0 saturated carbocycles. The Morgan fingerprint density at radius 3 is 2.55 bits per heavy atom. The van der Waals surface area contributed by atoms with Gasteiger partial charge in [0.05, 0.1) is 10.6 Å². The Morgan fingerprint density at radius 2 is 1.90 bits per heavy atom. The number of benzene rings is 2. The van der Waals surface area contributed by atoms with Gasteiger partial charge in [-0.2, -0.15) is 0 Å². The summed E-state index contributed by atoms with van der Waals surface area (Å²) in [6.07, 6.45) is 0.0799. The van der Waals surface area contributed by atoms with Crippen LogP contribution in [-0.2, 0) is 6.42 Å². The summed E-state index contributed by atoms with van der Waals surface area (Å²) in [6.45, 7) is 2.05. The van der Waals surface area contributed by atoms with Gasteiger partial charge in [-0.25, -0.2) is 4.39 Å². The summed E-state index contributed by atoms with van der Waals surface area (Å²) < 4.78 is 13.6. The molecule has 1 unspecified atom stereocenters. The highest BCUT2D eigenvalue weighted by atomic mass is 79.9. The number of rotatable bonds is 5. The zero-order valence-corrected chi connectivity index (χ0v) is 13.5. The molecule has 106 valence electrons. The second-order valence-electron chi connectivity index (χ2n) is 4.73. The van der Waals surface area contributed by atoms with Crippen LogP contribution in [0.5, 0.6) is 0 Å². The Labute approximate surface area is 131 Å². The third-order valence-corrected chi connectivity index (χ3v) is 4.68. The van der Waals surface area contributed by atoms with Gasteiger partial charge in [-0.3, -0.25) is 0 Å². The van der Waals surface area contributed by atoms with E-state index in [-0.39, 0.29) is 5.82 Å². The third kappa shape index (κ3) is 4.62. The van der Waals surface area contributed by atoms with Crippen LogP contribution < -0.4 is 0 Å². The van der Waals surface area contributed by atoms with E-state index < -0.39 is 6.10 Å². The van der Waals surface area contributed by atoms with Crippen molar-refractivity contribution < 1.29 is 9.50 Å². The molecular weight excluding hydrogens is 339 g/mol. The van der Waals surface area contributed by atoms with Crippen LogP contribution in [0.2, 0.25) is 0 Å². The summed E-state index contributed by atoms with van der Waals surface area (Å²) in [7, 11) is 0. The lowest BCUT2D eigenvalue weighted by atomic mass is 10.1. The first kappa shape index (κ1) is 15.5. The Bertz CT molecular complexity index is 571. The van der Waals surface area contributed by atoms with Crippen molar-refractivity contribution in [2.24, 2.45) is 0 Å². The van der Waals surface area contributed by atoms with Crippen LogP contribution in [0, 0.1) is 12.7 Å². The predicted octanol–water partition coefficient (Wildman–Crippen LogP) is 4.59. The number of halogens is 2. The maximum Gasteiger partial charge on any atom is 0.137 e. The van der Waals surface area contributed by atoms with Crippen molar-refractivity contribution in [1.29, 1.82) is 0 Å². The van der Waals surface area contributed by atoms with Crippen LogP contribution in [0.1, 0.15) is 11.1 Å². The molecular formula is C16H16BrFOS. The molecule has 2 aromatic carbocycles. The normalized spacial score (nSPS) is 12.4. The van der Waals surface area contributed by atoms with E-state index in [0.29, 0.717) is 16.6 Å². The third-order valence-electron chi connectivity index (χ3n) is 2.92. The SMILES string of the molecule is Cc1ccc(SCC(O)Cc2ccc(F)c(Br)c2)cc1. The largest absolute Gasteiger partial charge is 0.392 e. The average molecular weight is 355 g/mol. The fourth-order valence-electron chi connectivity index (χ4n) is 1.82. The van der Waals surface area contributed by atoms with Gasteiger partial charge in [0, 0.05) is 10.6 Å². The van der Waals surface area contributed by atoms with Crippen LogP contribution in [0.4, 0.5) is 4.39 Å². The lowest BCUT2D eigenvalue weighted by Crippen LogP contribution is -2.13. The van der Waals surface area contributed by atoms with Gasteiger partial charge in [0.25, 0.3) is 0 Å². The van der Waals surface area contributed by atoms with E-state index in [4.69, 9.17) is 0 Å². The van der Waals surface area contributed by atoms with Gasteiger partial charge < -0.3 is 5.11 Å². The summed E-state index contributed by atoms with van der Waals surface area (Å²) in [5.74, 6) is 0.343. The van der Waals surface area contributed by atoms with Crippen molar-refractivity contribution in [3.63, 3.8) is 0 Å². The van der Waals surface area contributed by atoms with Crippen LogP contribution in [0.3, 0.4) is 0 Å². The van der Waals surface area contributed by atoms with E-state index in [2.05, 4.69) is 47.1 Å². The predicted molar refractivity (Wildman–Crippen MR) is 85.7 cm³/mol. The lowest BCUT2D eigenvalue weighted by Gasteiger charge is -2.11. The summed E-state index contributed by atoms with van der Waals surface area (Å²) in [5, 5.41) is 10.0. The van der Waals surface area contributed by atoms with Crippen LogP contribution >= 0.6 is 27.7 Å². The Hall–Kier alpha value is -0.840. The first-order chi connectivity index (χ1) is 9.54. The number of aryl methyl sites for hydroxylation is 1. The molecule has 0 fully saturated rings. The minimum atomic E-state index is -0.446. The molecule has 1 nitrogen and oxygen atoms in total. The fourth-order valence-corrected chi connectivity index (χ4v) is 3.08. The summed E-state index contributed by atoms with van der Waals surface area (Å²) in [5.41, 5.74) is 2.15. The number of aliphatic hydroxyl groups is 1. The Morgan fingerprint density at radius 1 is 1.20 bits per heavy atom. The van der Waals surface area contributed by atoms with Crippen LogP contribution in [0.15, 0.2) is 51.8 Å². The van der Waals surface area contributed by atoms with Gasteiger partial charge in [0.15, 0.2) is 0 Å². The minimum absolute atomic E-state index is 0.280. The maximum atomic E-state index is 13.1. The molecule has 2 rings (SSSR count). The van der Waals surface area contributed by atoms with Gasteiger partial charge in [0.1, 0.15) is 5.82 Å². The molecule has 0 aliphatic rings. The Kier molecular flexibility index (Phi) is 5.64. The second-order valence-corrected chi connectivity index (χ2v) is 6.68. The zero-order chi connectivity index (χ0) is 14.5. The molecule has 1 N–H and O–H groups in total. The van der Waals surface area contributed by atoms with Crippen molar-refractivity contribution in [3.8, 4) is 0 Å². The van der Waals surface area contributed by atoms with Gasteiger partial charge in [0.2, 0.25) is 0 Å². The highest BCUT2D eigenvalue weighted by Crippen LogP contribution is 2.22. The van der Waals surface area contributed by atoms with E-state index in [1.54, 1.807) is 23.9 Å². The maximum absolute atomic E-state index is 13.1. The second kappa shape index (κ2) is 7.25. The van der Waals surface area contributed by atoms with Crippen molar-refractivity contribution in [1.82, 2.24) is 0 Å². The summed E-state index contributed by atoms with van der Waals surface area (Å²) in [4.78, 5) is 1.15. The molecule has 0 saturated heterocycles. The van der Waals surface area contributed by atoms with E-state index in [9.17, 15) is 9.50 Å². The average Bonchev–Trinajstić information content (AvgIpc) is 2.42. The zero-order valence-electron chi connectivity index (χ0n) is 11.1. The molecule has 0 spiro atoms. The van der Waals surface area contributed by atoms with Crippen LogP contribution in [0.25, 0.3) is 0 Å². The molecule has 0 aliphatic carbocycles. The topological polar surface area (TPSA) is 20.2 Å². The molecule has 2 aromatic rings. The summed E-state index contributed by atoms with van der Waals surface area (Å²) >= 11 is 4.78. The summed E-state index contributed by atoms with van der Waals surface area (Å²) in [6, 6.07) is 13.1. The first-order valence-corrected chi connectivity index (χ1v) is 8.14. The highest BCUT2D eigenvalue weighted by Gasteiger charge is 2.08. The first-order valence-electron chi connectivity index (χ1n) is 6.36. The number of hydrogen-bond acceptors (Lipinski definition) is 2.